The van der Waals surface area contributed by atoms with Gasteiger partial charge in [-0.25, -0.2) is 4.79 Å². The molecule has 1 aliphatic carbocycles. The minimum Gasteiger partial charge on any atom is -0.452 e. The summed E-state index contributed by atoms with van der Waals surface area (Å²) in [7, 11) is 0. The van der Waals surface area contributed by atoms with E-state index in [2.05, 4.69) is 24.5 Å². The van der Waals surface area contributed by atoms with E-state index in [0.717, 1.165) is 12.8 Å². The number of hydrogen-bond donors (Lipinski definition) is 3. The SMILES string of the molecule is C[C@@H]1[C@H](C)CCC[C@H]1NC(=O)COC(=O)c1ccccc1NCCO. The van der Waals surface area contributed by atoms with E-state index < -0.39 is 5.97 Å². The second-order valence-electron chi connectivity index (χ2n) is 6.71. The lowest BCUT2D eigenvalue weighted by atomic mass is 9.78. The van der Waals surface area contributed by atoms with Gasteiger partial charge in [0.25, 0.3) is 5.91 Å². The summed E-state index contributed by atoms with van der Waals surface area (Å²) < 4.78 is 5.16. The van der Waals surface area contributed by atoms with Gasteiger partial charge in [0, 0.05) is 18.3 Å². The van der Waals surface area contributed by atoms with Gasteiger partial charge in [-0.1, -0.05) is 38.8 Å². The highest BCUT2D eigenvalue weighted by Gasteiger charge is 2.28. The number of carbonyl (C=O) groups excluding carboxylic acids is 2. The number of rotatable bonds is 7. The zero-order valence-corrected chi connectivity index (χ0v) is 15.0. The molecule has 138 valence electrons. The smallest absolute Gasteiger partial charge is 0.340 e. The van der Waals surface area contributed by atoms with Crippen LogP contribution in [0.2, 0.25) is 0 Å². The third-order valence-corrected chi connectivity index (χ3v) is 4.96. The Labute approximate surface area is 149 Å². The van der Waals surface area contributed by atoms with Gasteiger partial charge < -0.3 is 20.5 Å². The molecule has 1 amide bonds. The van der Waals surface area contributed by atoms with Crippen molar-refractivity contribution >= 4 is 17.6 Å². The van der Waals surface area contributed by atoms with Crippen molar-refractivity contribution < 1.29 is 19.4 Å². The van der Waals surface area contributed by atoms with E-state index in [4.69, 9.17) is 9.84 Å². The lowest BCUT2D eigenvalue weighted by molar-refractivity contribution is -0.125. The molecule has 0 spiro atoms. The zero-order chi connectivity index (χ0) is 18.2. The van der Waals surface area contributed by atoms with E-state index in [1.807, 2.05) is 0 Å². The lowest BCUT2D eigenvalue weighted by Crippen LogP contribution is -2.45. The van der Waals surface area contributed by atoms with Crippen LogP contribution >= 0.6 is 0 Å². The number of aliphatic hydroxyl groups excluding tert-OH is 1. The van der Waals surface area contributed by atoms with Gasteiger partial charge in [0.2, 0.25) is 0 Å². The van der Waals surface area contributed by atoms with Crippen LogP contribution in [0.1, 0.15) is 43.5 Å². The fraction of sp³-hybridized carbons (Fsp3) is 0.579. The number of aliphatic hydroxyl groups is 1. The van der Waals surface area contributed by atoms with Gasteiger partial charge in [0.05, 0.1) is 12.2 Å². The van der Waals surface area contributed by atoms with Crippen molar-refractivity contribution in [1.82, 2.24) is 5.32 Å². The van der Waals surface area contributed by atoms with Gasteiger partial charge in [0.15, 0.2) is 6.61 Å². The summed E-state index contributed by atoms with van der Waals surface area (Å²) in [5.74, 6) is 0.198. The standard InChI is InChI=1S/C19H28N2O4/c1-13-6-5-9-16(14(13)2)21-18(23)12-25-19(24)15-7-3-4-8-17(15)20-10-11-22/h3-4,7-8,13-14,16,20,22H,5-6,9-12H2,1-2H3,(H,21,23)/t13-,14-,16-/m1/s1. The molecule has 0 heterocycles. The Bertz CT molecular complexity index is 591. The van der Waals surface area contributed by atoms with Gasteiger partial charge in [-0.2, -0.15) is 0 Å². The average Bonchev–Trinajstić information content (AvgIpc) is 2.62. The first-order chi connectivity index (χ1) is 12.0. The molecule has 3 N–H and O–H groups in total. The number of carbonyl (C=O) groups is 2. The number of ether oxygens (including phenoxy) is 1. The van der Waals surface area contributed by atoms with E-state index in [9.17, 15) is 9.59 Å². The van der Waals surface area contributed by atoms with Crippen LogP contribution in [0.4, 0.5) is 5.69 Å². The lowest BCUT2D eigenvalue weighted by Gasteiger charge is -2.34. The van der Waals surface area contributed by atoms with Gasteiger partial charge in [-0.15, -0.1) is 0 Å². The first kappa shape index (κ1) is 19.2. The Hall–Kier alpha value is -2.08. The second-order valence-corrected chi connectivity index (χ2v) is 6.71. The number of nitrogens with one attached hydrogen (secondary N) is 2. The molecule has 0 aliphatic heterocycles. The van der Waals surface area contributed by atoms with Crippen molar-refractivity contribution in [3.05, 3.63) is 29.8 Å². The Morgan fingerprint density at radius 2 is 2.00 bits per heavy atom. The molecule has 3 atom stereocenters. The van der Waals surface area contributed by atoms with E-state index in [-0.39, 0.29) is 25.2 Å². The third-order valence-electron chi connectivity index (χ3n) is 4.96. The maximum atomic E-state index is 12.2. The Morgan fingerprint density at radius 1 is 1.24 bits per heavy atom. The van der Waals surface area contributed by atoms with Crippen LogP contribution in [-0.4, -0.2) is 42.8 Å². The Balaban J connectivity index is 1.86. The summed E-state index contributed by atoms with van der Waals surface area (Å²) in [5.41, 5.74) is 0.931. The van der Waals surface area contributed by atoms with Crippen LogP contribution in [0.5, 0.6) is 0 Å². The quantitative estimate of drug-likeness (QED) is 0.658. The summed E-state index contributed by atoms with van der Waals surface area (Å²) >= 11 is 0. The molecule has 0 aromatic heterocycles. The molecule has 6 nitrogen and oxygen atoms in total. The summed E-state index contributed by atoms with van der Waals surface area (Å²) in [6.45, 7) is 4.38. The Kier molecular flexibility index (Phi) is 7.25. The molecule has 25 heavy (non-hydrogen) atoms. The van der Waals surface area contributed by atoms with E-state index in [1.54, 1.807) is 24.3 Å². The van der Waals surface area contributed by atoms with E-state index >= 15 is 0 Å². The monoisotopic (exact) mass is 348 g/mol. The predicted molar refractivity (Wildman–Crippen MR) is 96.4 cm³/mol. The number of benzene rings is 1. The maximum absolute atomic E-state index is 12.2. The zero-order valence-electron chi connectivity index (χ0n) is 15.0. The summed E-state index contributed by atoms with van der Waals surface area (Å²) in [6, 6.07) is 7.02. The number of anilines is 1. The van der Waals surface area contributed by atoms with Crippen molar-refractivity contribution in [3.63, 3.8) is 0 Å². The first-order valence-electron chi connectivity index (χ1n) is 8.93. The fourth-order valence-electron chi connectivity index (χ4n) is 3.25. The Morgan fingerprint density at radius 3 is 2.76 bits per heavy atom. The van der Waals surface area contributed by atoms with Crippen LogP contribution in [-0.2, 0) is 9.53 Å². The summed E-state index contributed by atoms with van der Waals surface area (Å²) in [5, 5.41) is 14.8. The van der Waals surface area contributed by atoms with Crippen molar-refractivity contribution in [2.75, 3.05) is 25.1 Å². The van der Waals surface area contributed by atoms with Gasteiger partial charge in [0.1, 0.15) is 0 Å². The molecule has 1 aromatic carbocycles. The van der Waals surface area contributed by atoms with Crippen LogP contribution in [0.3, 0.4) is 0 Å². The third kappa shape index (κ3) is 5.46. The van der Waals surface area contributed by atoms with Crippen LogP contribution in [0, 0.1) is 11.8 Å². The largest absolute Gasteiger partial charge is 0.452 e. The first-order valence-corrected chi connectivity index (χ1v) is 8.93. The van der Waals surface area contributed by atoms with Crippen LogP contribution < -0.4 is 10.6 Å². The minimum absolute atomic E-state index is 0.0379. The van der Waals surface area contributed by atoms with Crippen molar-refractivity contribution in [1.29, 1.82) is 0 Å². The molecule has 1 aliphatic rings. The maximum Gasteiger partial charge on any atom is 0.340 e. The van der Waals surface area contributed by atoms with Crippen molar-refractivity contribution in [3.8, 4) is 0 Å². The average molecular weight is 348 g/mol. The van der Waals surface area contributed by atoms with Crippen LogP contribution in [0.25, 0.3) is 0 Å². The second kappa shape index (κ2) is 9.42. The molecule has 1 saturated carbocycles. The van der Waals surface area contributed by atoms with Crippen LogP contribution in [0.15, 0.2) is 24.3 Å². The minimum atomic E-state index is -0.554. The summed E-state index contributed by atoms with van der Waals surface area (Å²) in [6.07, 6.45) is 3.28. The molecule has 1 fully saturated rings. The van der Waals surface area contributed by atoms with E-state index in [1.165, 1.54) is 6.42 Å². The highest BCUT2D eigenvalue weighted by molar-refractivity contribution is 5.96. The van der Waals surface area contributed by atoms with Gasteiger partial charge in [-0.3, -0.25) is 4.79 Å². The normalized spacial score (nSPS) is 22.9. The number of esters is 1. The molecule has 0 radical (unpaired) electrons. The number of para-hydroxylation sites is 1. The van der Waals surface area contributed by atoms with Gasteiger partial charge >= 0.3 is 5.97 Å². The topological polar surface area (TPSA) is 87.7 Å². The predicted octanol–water partition coefficient (Wildman–Crippen LogP) is 2.19. The molecule has 0 unspecified atom stereocenters. The van der Waals surface area contributed by atoms with Gasteiger partial charge in [-0.05, 0) is 30.4 Å². The fourth-order valence-corrected chi connectivity index (χ4v) is 3.25. The highest BCUT2D eigenvalue weighted by atomic mass is 16.5. The molecule has 6 heteroatoms. The highest BCUT2D eigenvalue weighted by Crippen LogP contribution is 2.29. The van der Waals surface area contributed by atoms with E-state index in [0.29, 0.717) is 29.6 Å². The summed E-state index contributed by atoms with van der Waals surface area (Å²) in [4.78, 5) is 24.4. The van der Waals surface area contributed by atoms with Crippen molar-refractivity contribution in [2.24, 2.45) is 11.8 Å². The number of amides is 1. The molecule has 1 aromatic rings. The molecular weight excluding hydrogens is 320 g/mol. The molecule has 2 rings (SSSR count). The number of hydrogen-bond acceptors (Lipinski definition) is 5. The van der Waals surface area contributed by atoms with Crippen molar-refractivity contribution in [2.45, 2.75) is 39.2 Å². The molecular formula is C19H28N2O4. The molecule has 0 bridgehead atoms. The molecule has 0 saturated heterocycles.